The molecule has 0 aliphatic heterocycles. The summed E-state index contributed by atoms with van der Waals surface area (Å²) in [5.74, 6) is 0.226. The van der Waals surface area contributed by atoms with Gasteiger partial charge in [-0.1, -0.05) is 35.3 Å². The third-order valence-corrected chi connectivity index (χ3v) is 4.84. The second kappa shape index (κ2) is 8.98. The SMILES string of the molecule is COc1cc(C(F)(F)F)ccc1CNC(C)CCc1ccc(Cl)c(Cl)c1. The largest absolute Gasteiger partial charge is 0.496 e. The van der Waals surface area contributed by atoms with Crippen LogP contribution >= 0.6 is 23.2 Å². The van der Waals surface area contributed by atoms with Gasteiger partial charge in [-0.3, -0.25) is 0 Å². The summed E-state index contributed by atoms with van der Waals surface area (Å²) in [5.41, 5.74) is 1.05. The topological polar surface area (TPSA) is 21.3 Å². The van der Waals surface area contributed by atoms with Gasteiger partial charge in [0, 0.05) is 18.2 Å². The molecule has 0 radical (unpaired) electrons. The predicted octanol–water partition coefficient (Wildman–Crippen LogP) is 6.13. The first-order valence-electron chi connectivity index (χ1n) is 8.12. The molecule has 0 aliphatic rings. The van der Waals surface area contributed by atoms with E-state index in [9.17, 15) is 13.2 Å². The van der Waals surface area contributed by atoms with E-state index in [2.05, 4.69) is 5.32 Å². The molecule has 0 spiro atoms. The van der Waals surface area contributed by atoms with E-state index in [0.29, 0.717) is 22.2 Å². The Labute approximate surface area is 161 Å². The van der Waals surface area contributed by atoms with E-state index in [1.54, 1.807) is 6.07 Å². The second-order valence-corrected chi connectivity index (χ2v) is 6.91. The average molecular weight is 406 g/mol. The molecule has 0 aliphatic carbocycles. The zero-order valence-electron chi connectivity index (χ0n) is 14.5. The molecule has 1 unspecified atom stereocenters. The molecule has 2 rings (SSSR count). The number of alkyl halides is 3. The first kappa shape index (κ1) is 20.9. The van der Waals surface area contributed by atoms with Crippen LogP contribution in [0.5, 0.6) is 5.75 Å². The average Bonchev–Trinajstić information content (AvgIpc) is 2.59. The van der Waals surface area contributed by atoms with Crippen molar-refractivity contribution in [3.63, 3.8) is 0 Å². The molecule has 0 fully saturated rings. The zero-order chi connectivity index (χ0) is 19.3. The van der Waals surface area contributed by atoms with Gasteiger partial charge in [0.05, 0.1) is 22.7 Å². The fourth-order valence-electron chi connectivity index (χ4n) is 2.53. The van der Waals surface area contributed by atoms with E-state index in [4.69, 9.17) is 27.9 Å². The van der Waals surface area contributed by atoms with Gasteiger partial charge < -0.3 is 10.1 Å². The molecule has 2 nitrogen and oxygen atoms in total. The maximum absolute atomic E-state index is 12.8. The second-order valence-electron chi connectivity index (χ2n) is 6.09. The fraction of sp³-hybridized carbons (Fsp3) is 0.368. The number of rotatable bonds is 7. The van der Waals surface area contributed by atoms with E-state index >= 15 is 0 Å². The van der Waals surface area contributed by atoms with Gasteiger partial charge in [-0.2, -0.15) is 13.2 Å². The maximum atomic E-state index is 12.8. The highest BCUT2D eigenvalue weighted by atomic mass is 35.5. The van der Waals surface area contributed by atoms with E-state index < -0.39 is 11.7 Å². The maximum Gasteiger partial charge on any atom is 0.416 e. The summed E-state index contributed by atoms with van der Waals surface area (Å²) in [7, 11) is 1.37. The van der Waals surface area contributed by atoms with E-state index in [-0.39, 0.29) is 11.8 Å². The first-order valence-corrected chi connectivity index (χ1v) is 8.87. The van der Waals surface area contributed by atoms with Crippen LogP contribution in [0.1, 0.15) is 30.0 Å². The Hall–Kier alpha value is -1.43. The Morgan fingerprint density at radius 3 is 2.42 bits per heavy atom. The van der Waals surface area contributed by atoms with Gasteiger partial charge in [0.25, 0.3) is 0 Å². The number of nitrogens with one attached hydrogen (secondary N) is 1. The molecule has 0 bridgehead atoms. The van der Waals surface area contributed by atoms with Gasteiger partial charge in [-0.15, -0.1) is 0 Å². The number of ether oxygens (including phenoxy) is 1. The van der Waals surface area contributed by atoms with Crippen LogP contribution in [-0.2, 0) is 19.1 Å². The number of aryl methyl sites for hydroxylation is 1. The van der Waals surface area contributed by atoms with Gasteiger partial charge in [0.1, 0.15) is 5.75 Å². The first-order chi connectivity index (χ1) is 12.2. The number of halogens is 5. The minimum Gasteiger partial charge on any atom is -0.496 e. The van der Waals surface area contributed by atoms with Crippen LogP contribution in [0.2, 0.25) is 10.0 Å². The number of hydrogen-bond acceptors (Lipinski definition) is 2. The Bertz CT molecular complexity index is 750. The van der Waals surface area contributed by atoms with Crippen molar-refractivity contribution < 1.29 is 17.9 Å². The van der Waals surface area contributed by atoms with Crippen molar-refractivity contribution in [3.8, 4) is 5.75 Å². The molecule has 26 heavy (non-hydrogen) atoms. The highest BCUT2D eigenvalue weighted by molar-refractivity contribution is 6.42. The van der Waals surface area contributed by atoms with Crippen LogP contribution < -0.4 is 10.1 Å². The summed E-state index contributed by atoms with van der Waals surface area (Å²) in [6.07, 6.45) is -2.72. The third kappa shape index (κ3) is 5.79. The Morgan fingerprint density at radius 2 is 1.81 bits per heavy atom. The van der Waals surface area contributed by atoms with E-state index in [1.807, 2.05) is 19.1 Å². The standard InChI is InChI=1S/C19H20Cl2F3NO/c1-12(3-4-13-5-8-16(20)17(21)9-13)25-11-14-6-7-15(19(22,23)24)10-18(14)26-2/h5-10,12,25H,3-4,11H2,1-2H3. The molecular weight excluding hydrogens is 386 g/mol. The van der Waals surface area contributed by atoms with Gasteiger partial charge in [0.15, 0.2) is 0 Å². The van der Waals surface area contributed by atoms with Crippen molar-refractivity contribution in [2.24, 2.45) is 0 Å². The molecule has 2 aromatic rings. The Kier molecular flexibility index (Phi) is 7.21. The quantitative estimate of drug-likeness (QED) is 0.597. The summed E-state index contributed by atoms with van der Waals surface area (Å²) >= 11 is 11.9. The molecule has 142 valence electrons. The lowest BCUT2D eigenvalue weighted by Crippen LogP contribution is -2.26. The van der Waals surface area contributed by atoms with Crippen molar-refractivity contribution in [2.45, 2.75) is 38.5 Å². The molecule has 0 heterocycles. The number of methoxy groups -OCH3 is 1. The third-order valence-electron chi connectivity index (χ3n) is 4.11. The van der Waals surface area contributed by atoms with E-state index in [1.165, 1.54) is 13.2 Å². The summed E-state index contributed by atoms with van der Waals surface area (Å²) in [4.78, 5) is 0. The molecule has 0 saturated heterocycles. The molecular formula is C19H20Cl2F3NO. The van der Waals surface area contributed by atoms with Gasteiger partial charge in [-0.05, 0) is 49.6 Å². The van der Waals surface area contributed by atoms with E-state index in [0.717, 1.165) is 30.5 Å². The molecule has 7 heteroatoms. The van der Waals surface area contributed by atoms with Crippen LogP contribution in [0.25, 0.3) is 0 Å². The highest BCUT2D eigenvalue weighted by Gasteiger charge is 2.31. The zero-order valence-corrected chi connectivity index (χ0v) is 16.0. The predicted molar refractivity (Wildman–Crippen MR) is 99.1 cm³/mol. The lowest BCUT2D eigenvalue weighted by molar-refractivity contribution is -0.137. The summed E-state index contributed by atoms with van der Waals surface area (Å²) in [5, 5.41) is 4.36. The van der Waals surface area contributed by atoms with Gasteiger partial charge in [-0.25, -0.2) is 0 Å². The molecule has 0 amide bonds. The van der Waals surface area contributed by atoms with Crippen LogP contribution in [0, 0.1) is 0 Å². The Morgan fingerprint density at radius 1 is 1.08 bits per heavy atom. The summed E-state index contributed by atoms with van der Waals surface area (Å²) in [6.45, 7) is 2.44. The molecule has 0 aromatic heterocycles. The Balaban J connectivity index is 1.92. The molecule has 0 saturated carbocycles. The van der Waals surface area contributed by atoms with Gasteiger partial charge in [0.2, 0.25) is 0 Å². The normalized spacial score (nSPS) is 12.9. The summed E-state index contributed by atoms with van der Waals surface area (Å²) in [6, 6.07) is 9.24. The molecule has 1 N–H and O–H groups in total. The lowest BCUT2D eigenvalue weighted by Gasteiger charge is -2.17. The van der Waals surface area contributed by atoms with Crippen molar-refractivity contribution in [3.05, 3.63) is 63.1 Å². The molecule has 2 aromatic carbocycles. The van der Waals surface area contributed by atoms with Crippen molar-refractivity contribution in [2.75, 3.05) is 7.11 Å². The van der Waals surface area contributed by atoms with Gasteiger partial charge >= 0.3 is 6.18 Å². The monoisotopic (exact) mass is 405 g/mol. The minimum absolute atomic E-state index is 0.163. The molecule has 1 atom stereocenters. The smallest absolute Gasteiger partial charge is 0.416 e. The number of benzene rings is 2. The van der Waals surface area contributed by atoms with Crippen LogP contribution in [-0.4, -0.2) is 13.2 Å². The number of hydrogen-bond donors (Lipinski definition) is 1. The fourth-order valence-corrected chi connectivity index (χ4v) is 2.85. The van der Waals surface area contributed by atoms with Crippen LogP contribution in [0.15, 0.2) is 36.4 Å². The lowest BCUT2D eigenvalue weighted by atomic mass is 10.1. The van der Waals surface area contributed by atoms with Crippen molar-refractivity contribution in [1.29, 1.82) is 0 Å². The van der Waals surface area contributed by atoms with Crippen LogP contribution in [0.3, 0.4) is 0 Å². The van der Waals surface area contributed by atoms with Crippen LogP contribution in [0.4, 0.5) is 13.2 Å². The van der Waals surface area contributed by atoms with Crippen molar-refractivity contribution in [1.82, 2.24) is 5.32 Å². The van der Waals surface area contributed by atoms with Crippen molar-refractivity contribution >= 4 is 23.2 Å². The summed E-state index contributed by atoms with van der Waals surface area (Å²) < 4.78 is 43.4. The highest BCUT2D eigenvalue weighted by Crippen LogP contribution is 2.33. The minimum atomic E-state index is -4.38.